The number of amides is 1. The smallest absolute Gasteiger partial charge is 0.310 e. The molecule has 1 amide bonds. The van der Waals surface area contributed by atoms with Gasteiger partial charge < -0.3 is 9.64 Å². The molecule has 2 rings (SSSR count). The van der Waals surface area contributed by atoms with Crippen molar-refractivity contribution >= 4 is 29.2 Å². The molecule has 1 atom stereocenters. The number of likely N-dealkylation sites (tertiary alicyclic amines) is 1. The number of esters is 1. The number of nitro groups is 1. The summed E-state index contributed by atoms with van der Waals surface area (Å²) < 4.78 is 4.66. The van der Waals surface area contributed by atoms with E-state index in [0.29, 0.717) is 13.0 Å². The zero-order valence-corrected chi connectivity index (χ0v) is 12.0. The number of nitro benzene ring substituents is 1. The van der Waals surface area contributed by atoms with Crippen molar-refractivity contribution in [2.24, 2.45) is 5.92 Å². The minimum Gasteiger partial charge on any atom is -0.469 e. The molecule has 1 aliphatic heterocycles. The summed E-state index contributed by atoms with van der Waals surface area (Å²) in [6.45, 7) is 0.716. The summed E-state index contributed by atoms with van der Waals surface area (Å²) in [4.78, 5) is 35.3. The molecular formula is C13H13ClN2O5. The maximum Gasteiger partial charge on any atom is 0.310 e. The number of benzene rings is 1. The molecule has 7 nitrogen and oxygen atoms in total. The molecule has 0 saturated carbocycles. The van der Waals surface area contributed by atoms with Crippen molar-refractivity contribution in [3.05, 3.63) is 38.9 Å². The van der Waals surface area contributed by atoms with Gasteiger partial charge >= 0.3 is 5.97 Å². The van der Waals surface area contributed by atoms with Crippen LogP contribution in [0.5, 0.6) is 0 Å². The normalized spacial score (nSPS) is 17.6. The van der Waals surface area contributed by atoms with Crippen molar-refractivity contribution in [3.8, 4) is 0 Å². The Morgan fingerprint density at radius 1 is 1.48 bits per heavy atom. The Hall–Kier alpha value is -2.15. The van der Waals surface area contributed by atoms with E-state index in [2.05, 4.69) is 4.74 Å². The summed E-state index contributed by atoms with van der Waals surface area (Å²) in [5.41, 5.74) is 0.0122. The van der Waals surface area contributed by atoms with Crippen molar-refractivity contribution in [1.29, 1.82) is 0 Å². The Morgan fingerprint density at radius 2 is 2.19 bits per heavy atom. The van der Waals surface area contributed by atoms with Gasteiger partial charge in [0.2, 0.25) is 0 Å². The molecule has 21 heavy (non-hydrogen) atoms. The average Bonchev–Trinajstić information content (AvgIpc) is 2.94. The molecule has 1 saturated heterocycles. The highest BCUT2D eigenvalue weighted by Crippen LogP contribution is 2.27. The van der Waals surface area contributed by atoms with Crippen LogP contribution in [0.15, 0.2) is 18.2 Å². The number of halogens is 1. The first-order valence-corrected chi connectivity index (χ1v) is 6.63. The fourth-order valence-electron chi connectivity index (χ4n) is 2.27. The molecule has 0 aromatic heterocycles. The summed E-state index contributed by atoms with van der Waals surface area (Å²) in [7, 11) is 1.31. The second-order valence-electron chi connectivity index (χ2n) is 4.68. The molecule has 1 aromatic rings. The first-order valence-electron chi connectivity index (χ1n) is 6.25. The quantitative estimate of drug-likeness (QED) is 0.483. The maximum atomic E-state index is 12.3. The van der Waals surface area contributed by atoms with Gasteiger partial charge in [0, 0.05) is 24.7 Å². The van der Waals surface area contributed by atoms with Crippen LogP contribution in [0.3, 0.4) is 0 Å². The highest BCUT2D eigenvalue weighted by atomic mass is 35.5. The number of carbonyl (C=O) groups is 2. The number of hydrogen-bond donors (Lipinski definition) is 0. The van der Waals surface area contributed by atoms with E-state index >= 15 is 0 Å². The Balaban J connectivity index is 2.13. The van der Waals surface area contributed by atoms with Crippen LogP contribution in [-0.2, 0) is 9.53 Å². The predicted molar refractivity (Wildman–Crippen MR) is 74.1 cm³/mol. The number of nitrogens with zero attached hydrogens (tertiary/aromatic N) is 2. The van der Waals surface area contributed by atoms with E-state index < -0.39 is 4.92 Å². The molecule has 112 valence electrons. The minimum atomic E-state index is -0.611. The van der Waals surface area contributed by atoms with Crippen molar-refractivity contribution in [1.82, 2.24) is 4.90 Å². The van der Waals surface area contributed by atoms with E-state index in [9.17, 15) is 19.7 Å². The van der Waals surface area contributed by atoms with Crippen LogP contribution in [0.4, 0.5) is 5.69 Å². The lowest BCUT2D eigenvalue weighted by Crippen LogP contribution is -2.30. The van der Waals surface area contributed by atoms with Crippen molar-refractivity contribution in [3.63, 3.8) is 0 Å². The Kier molecular flexibility index (Phi) is 4.42. The third-order valence-corrected chi connectivity index (χ3v) is 3.70. The largest absolute Gasteiger partial charge is 0.469 e. The number of ether oxygens (including phenoxy) is 1. The van der Waals surface area contributed by atoms with Gasteiger partial charge in [-0.1, -0.05) is 11.6 Å². The minimum absolute atomic E-state index is 0.0884. The summed E-state index contributed by atoms with van der Waals surface area (Å²) in [6, 6.07) is 3.83. The van der Waals surface area contributed by atoms with E-state index in [1.54, 1.807) is 0 Å². The Morgan fingerprint density at radius 3 is 2.76 bits per heavy atom. The summed E-state index contributed by atoms with van der Waals surface area (Å²) in [5, 5.41) is 10.6. The summed E-state index contributed by atoms with van der Waals surface area (Å²) in [6.07, 6.45) is 0.541. The first-order chi connectivity index (χ1) is 9.93. The number of hydrogen-bond acceptors (Lipinski definition) is 5. The van der Waals surface area contributed by atoms with Crippen LogP contribution in [0, 0.1) is 16.0 Å². The summed E-state index contributed by atoms with van der Waals surface area (Å²) >= 11 is 5.79. The lowest BCUT2D eigenvalue weighted by molar-refractivity contribution is -0.384. The van der Waals surface area contributed by atoms with Crippen LogP contribution in [-0.4, -0.2) is 41.9 Å². The van der Waals surface area contributed by atoms with Gasteiger partial charge in [-0.05, 0) is 18.6 Å². The lowest BCUT2D eigenvalue weighted by atomic mass is 10.1. The standard InChI is InChI=1S/C13H13ClN2O5/c1-21-13(18)9-4-5-15(7-9)12(17)8-2-3-11(16(19)20)10(14)6-8/h2-3,6,9H,4-5,7H2,1H3. The van der Waals surface area contributed by atoms with Crippen LogP contribution < -0.4 is 0 Å². The summed E-state index contributed by atoms with van der Waals surface area (Å²) in [5.74, 6) is -0.974. The molecule has 1 unspecified atom stereocenters. The Labute approximate surface area is 125 Å². The van der Waals surface area contributed by atoms with E-state index in [4.69, 9.17) is 11.6 Å². The van der Waals surface area contributed by atoms with Gasteiger partial charge in [0.25, 0.3) is 11.6 Å². The van der Waals surface area contributed by atoms with Gasteiger partial charge in [0.15, 0.2) is 0 Å². The zero-order valence-electron chi connectivity index (χ0n) is 11.2. The molecular weight excluding hydrogens is 300 g/mol. The van der Waals surface area contributed by atoms with Crippen molar-refractivity contribution in [2.75, 3.05) is 20.2 Å². The zero-order chi connectivity index (χ0) is 15.6. The van der Waals surface area contributed by atoms with Crippen molar-refractivity contribution in [2.45, 2.75) is 6.42 Å². The van der Waals surface area contributed by atoms with Crippen LogP contribution in [0.1, 0.15) is 16.8 Å². The van der Waals surface area contributed by atoms with E-state index in [1.165, 1.54) is 30.2 Å². The van der Waals surface area contributed by atoms with Gasteiger partial charge in [-0.3, -0.25) is 19.7 Å². The molecule has 1 aromatic carbocycles. The third-order valence-electron chi connectivity index (χ3n) is 3.40. The van der Waals surface area contributed by atoms with Gasteiger partial charge in [-0.2, -0.15) is 0 Å². The number of carbonyl (C=O) groups excluding carboxylic acids is 2. The van der Waals surface area contributed by atoms with E-state index in [1.807, 2.05) is 0 Å². The van der Waals surface area contributed by atoms with Crippen LogP contribution >= 0.6 is 11.6 Å². The SMILES string of the molecule is COC(=O)C1CCN(C(=O)c2ccc([N+](=O)[O-])c(Cl)c2)C1. The molecule has 0 radical (unpaired) electrons. The van der Waals surface area contributed by atoms with Crippen LogP contribution in [0.2, 0.25) is 5.02 Å². The second-order valence-corrected chi connectivity index (χ2v) is 5.09. The molecule has 0 spiro atoms. The molecule has 0 bridgehead atoms. The molecule has 8 heteroatoms. The monoisotopic (exact) mass is 312 g/mol. The van der Waals surface area contributed by atoms with E-state index in [0.717, 1.165) is 0 Å². The highest BCUT2D eigenvalue weighted by Gasteiger charge is 2.32. The Bertz CT molecular complexity index is 604. The van der Waals surface area contributed by atoms with Crippen molar-refractivity contribution < 1.29 is 19.2 Å². The van der Waals surface area contributed by atoms with E-state index in [-0.39, 0.29) is 40.6 Å². The highest BCUT2D eigenvalue weighted by molar-refractivity contribution is 6.33. The maximum absolute atomic E-state index is 12.3. The molecule has 1 heterocycles. The predicted octanol–water partition coefficient (Wildman–Crippen LogP) is 1.88. The second kappa shape index (κ2) is 6.09. The van der Waals surface area contributed by atoms with Crippen LogP contribution in [0.25, 0.3) is 0 Å². The lowest BCUT2D eigenvalue weighted by Gasteiger charge is -2.16. The molecule has 0 N–H and O–H groups in total. The van der Waals surface area contributed by atoms with Gasteiger partial charge in [-0.15, -0.1) is 0 Å². The molecule has 1 fully saturated rings. The number of rotatable bonds is 3. The average molecular weight is 313 g/mol. The van der Waals surface area contributed by atoms with Gasteiger partial charge in [0.1, 0.15) is 5.02 Å². The van der Waals surface area contributed by atoms with Gasteiger partial charge in [-0.25, -0.2) is 0 Å². The fraction of sp³-hybridized carbons (Fsp3) is 0.385. The third kappa shape index (κ3) is 3.13. The molecule has 0 aliphatic carbocycles. The van der Waals surface area contributed by atoms with Gasteiger partial charge in [0.05, 0.1) is 18.0 Å². The fourth-order valence-corrected chi connectivity index (χ4v) is 2.52. The molecule has 1 aliphatic rings. The first kappa shape index (κ1) is 15.2. The number of methoxy groups -OCH3 is 1. The topological polar surface area (TPSA) is 89.8 Å².